The molecular weight excluding hydrogens is 343 g/mol. The summed E-state index contributed by atoms with van der Waals surface area (Å²) in [5, 5.41) is 0. The smallest absolute Gasteiger partial charge is 0.227 e. The molecule has 27 heavy (non-hydrogen) atoms. The van der Waals surface area contributed by atoms with Gasteiger partial charge in [-0.05, 0) is 55.7 Å². The predicted molar refractivity (Wildman–Crippen MR) is 105 cm³/mol. The van der Waals surface area contributed by atoms with Crippen LogP contribution in [0.25, 0.3) is 0 Å². The van der Waals surface area contributed by atoms with E-state index in [2.05, 4.69) is 13.0 Å². The number of halogens is 1. The molecule has 0 aromatic heterocycles. The van der Waals surface area contributed by atoms with Gasteiger partial charge in [0.15, 0.2) is 5.78 Å². The molecule has 0 spiro atoms. The molecule has 1 saturated heterocycles. The number of anilines is 1. The molecule has 5 heteroatoms. The van der Waals surface area contributed by atoms with Crippen LogP contribution >= 0.6 is 0 Å². The average molecular weight is 368 g/mol. The molecule has 1 amide bonds. The fraction of sp³-hybridized carbons (Fsp3) is 0.364. The fourth-order valence-corrected chi connectivity index (χ4v) is 3.38. The van der Waals surface area contributed by atoms with Crippen LogP contribution in [0.1, 0.15) is 34.0 Å². The predicted octanol–water partition coefficient (Wildman–Crippen LogP) is 3.54. The van der Waals surface area contributed by atoms with E-state index in [0.29, 0.717) is 43.9 Å². The summed E-state index contributed by atoms with van der Waals surface area (Å²) in [6.07, 6.45) is 0.392. The van der Waals surface area contributed by atoms with Crippen molar-refractivity contribution in [2.45, 2.75) is 27.2 Å². The number of amides is 1. The molecule has 3 rings (SSSR count). The number of Topliss-reactive ketones (excluding diaryl/α,β-unsaturated/α-hetero) is 1. The Hall–Kier alpha value is -2.69. The zero-order valence-electron chi connectivity index (χ0n) is 16.1. The van der Waals surface area contributed by atoms with Crippen molar-refractivity contribution in [2.75, 3.05) is 31.1 Å². The van der Waals surface area contributed by atoms with E-state index >= 15 is 0 Å². The summed E-state index contributed by atoms with van der Waals surface area (Å²) in [4.78, 5) is 27.7. The van der Waals surface area contributed by atoms with Crippen molar-refractivity contribution in [3.63, 3.8) is 0 Å². The number of rotatable bonds is 4. The van der Waals surface area contributed by atoms with Gasteiger partial charge in [-0.15, -0.1) is 0 Å². The maximum absolute atomic E-state index is 14.3. The molecule has 1 aliphatic rings. The minimum absolute atomic E-state index is 0.102. The second-order valence-corrected chi connectivity index (χ2v) is 7.19. The van der Waals surface area contributed by atoms with Gasteiger partial charge in [-0.1, -0.05) is 18.2 Å². The molecule has 0 aliphatic carbocycles. The van der Waals surface area contributed by atoms with Crippen molar-refractivity contribution in [1.29, 1.82) is 0 Å². The lowest BCUT2D eigenvalue weighted by Gasteiger charge is -2.36. The quantitative estimate of drug-likeness (QED) is 0.775. The molecule has 1 heterocycles. The van der Waals surface area contributed by atoms with Gasteiger partial charge in [0.25, 0.3) is 0 Å². The van der Waals surface area contributed by atoms with Gasteiger partial charge >= 0.3 is 0 Å². The zero-order valence-corrected chi connectivity index (χ0v) is 16.1. The first kappa shape index (κ1) is 19.1. The summed E-state index contributed by atoms with van der Waals surface area (Å²) in [5.41, 5.74) is 4.29. The number of benzene rings is 2. The lowest BCUT2D eigenvalue weighted by molar-refractivity contribution is -0.130. The maximum atomic E-state index is 14.3. The highest BCUT2D eigenvalue weighted by atomic mass is 19.1. The number of hydrogen-bond donors (Lipinski definition) is 0. The molecule has 1 fully saturated rings. The molecule has 142 valence electrons. The van der Waals surface area contributed by atoms with Crippen LogP contribution in [-0.2, 0) is 11.2 Å². The molecule has 4 nitrogen and oxygen atoms in total. The Balaban J connectivity index is 1.60. The SMILES string of the molecule is CC(=O)c1ccc(N2CCN(C(=O)Cc3ccc(C)c(C)c3)CC2)c(F)c1. The van der Waals surface area contributed by atoms with Crippen LogP contribution in [0.4, 0.5) is 10.1 Å². The summed E-state index contributed by atoms with van der Waals surface area (Å²) in [7, 11) is 0. The molecule has 0 bridgehead atoms. The van der Waals surface area contributed by atoms with Crippen LogP contribution < -0.4 is 4.90 Å². The number of piperazine rings is 1. The molecule has 0 saturated carbocycles. The van der Waals surface area contributed by atoms with Gasteiger partial charge < -0.3 is 9.80 Å². The summed E-state index contributed by atoms with van der Waals surface area (Å²) < 4.78 is 14.3. The highest BCUT2D eigenvalue weighted by Gasteiger charge is 2.23. The number of carbonyl (C=O) groups excluding carboxylic acids is 2. The first-order valence-corrected chi connectivity index (χ1v) is 9.24. The van der Waals surface area contributed by atoms with Crippen LogP contribution in [0.15, 0.2) is 36.4 Å². The molecule has 2 aromatic rings. The lowest BCUT2D eigenvalue weighted by Crippen LogP contribution is -2.49. The monoisotopic (exact) mass is 368 g/mol. The van der Waals surface area contributed by atoms with Gasteiger partial charge in [0.2, 0.25) is 5.91 Å². The molecule has 1 aliphatic heterocycles. The molecule has 0 radical (unpaired) electrons. The van der Waals surface area contributed by atoms with E-state index in [1.54, 1.807) is 12.1 Å². The summed E-state index contributed by atoms with van der Waals surface area (Å²) in [6.45, 7) is 7.82. The van der Waals surface area contributed by atoms with Crippen molar-refractivity contribution in [3.05, 3.63) is 64.5 Å². The van der Waals surface area contributed by atoms with Crippen molar-refractivity contribution in [1.82, 2.24) is 4.90 Å². The Bertz CT molecular complexity index is 871. The Morgan fingerprint density at radius 3 is 2.26 bits per heavy atom. The highest BCUT2D eigenvalue weighted by molar-refractivity contribution is 5.94. The van der Waals surface area contributed by atoms with Crippen LogP contribution in [0, 0.1) is 19.7 Å². The minimum atomic E-state index is -0.391. The topological polar surface area (TPSA) is 40.6 Å². The second kappa shape index (κ2) is 7.91. The van der Waals surface area contributed by atoms with E-state index < -0.39 is 5.82 Å². The number of hydrogen-bond acceptors (Lipinski definition) is 3. The van der Waals surface area contributed by atoms with E-state index in [1.807, 2.05) is 28.9 Å². The number of aryl methyl sites for hydroxylation is 2. The Kier molecular flexibility index (Phi) is 5.59. The normalized spacial score (nSPS) is 14.4. The first-order valence-electron chi connectivity index (χ1n) is 9.24. The van der Waals surface area contributed by atoms with E-state index in [1.165, 1.54) is 24.1 Å². The third-order valence-corrected chi connectivity index (χ3v) is 5.25. The fourth-order valence-electron chi connectivity index (χ4n) is 3.38. The number of carbonyl (C=O) groups is 2. The molecular formula is C22H25FN2O2. The van der Waals surface area contributed by atoms with Gasteiger partial charge in [0.05, 0.1) is 12.1 Å². The molecule has 0 unspecified atom stereocenters. The Labute approximate surface area is 159 Å². The number of nitrogens with zero attached hydrogens (tertiary/aromatic N) is 2. The van der Waals surface area contributed by atoms with Crippen molar-refractivity contribution in [3.8, 4) is 0 Å². The first-order chi connectivity index (χ1) is 12.8. The van der Waals surface area contributed by atoms with Gasteiger partial charge in [0, 0.05) is 31.7 Å². The zero-order chi connectivity index (χ0) is 19.6. The van der Waals surface area contributed by atoms with Gasteiger partial charge in [-0.25, -0.2) is 4.39 Å². The molecule has 2 aromatic carbocycles. The maximum Gasteiger partial charge on any atom is 0.227 e. The van der Waals surface area contributed by atoms with Crippen LogP contribution in [-0.4, -0.2) is 42.8 Å². The van der Waals surface area contributed by atoms with E-state index in [9.17, 15) is 14.0 Å². The van der Waals surface area contributed by atoms with Crippen LogP contribution in [0.3, 0.4) is 0 Å². The minimum Gasteiger partial charge on any atom is -0.366 e. The van der Waals surface area contributed by atoms with Gasteiger partial charge in [0.1, 0.15) is 5.82 Å². The summed E-state index contributed by atoms with van der Waals surface area (Å²) in [6, 6.07) is 10.7. The third kappa shape index (κ3) is 4.35. The van der Waals surface area contributed by atoms with E-state index in [-0.39, 0.29) is 11.7 Å². The largest absolute Gasteiger partial charge is 0.366 e. The third-order valence-electron chi connectivity index (χ3n) is 5.25. The second-order valence-electron chi connectivity index (χ2n) is 7.19. The van der Waals surface area contributed by atoms with E-state index in [4.69, 9.17) is 0 Å². The van der Waals surface area contributed by atoms with Crippen LogP contribution in [0.2, 0.25) is 0 Å². The van der Waals surface area contributed by atoms with Crippen molar-refractivity contribution >= 4 is 17.4 Å². The Morgan fingerprint density at radius 2 is 1.67 bits per heavy atom. The van der Waals surface area contributed by atoms with Gasteiger partial charge in [-0.2, -0.15) is 0 Å². The standard InChI is InChI=1S/C22H25FN2O2/c1-15-4-5-18(12-16(15)2)13-22(27)25-10-8-24(9-11-25)21-7-6-19(17(3)26)14-20(21)23/h4-7,12,14H,8-11,13H2,1-3H3. The van der Waals surface area contributed by atoms with Gasteiger partial charge in [-0.3, -0.25) is 9.59 Å². The lowest BCUT2D eigenvalue weighted by atomic mass is 10.0. The summed E-state index contributed by atoms with van der Waals surface area (Å²) in [5.74, 6) is -0.440. The van der Waals surface area contributed by atoms with Crippen molar-refractivity contribution < 1.29 is 14.0 Å². The molecule has 0 atom stereocenters. The number of ketones is 1. The highest BCUT2D eigenvalue weighted by Crippen LogP contribution is 2.22. The Morgan fingerprint density at radius 1 is 0.963 bits per heavy atom. The summed E-state index contributed by atoms with van der Waals surface area (Å²) >= 11 is 0. The molecule has 0 N–H and O–H groups in total. The van der Waals surface area contributed by atoms with Crippen LogP contribution in [0.5, 0.6) is 0 Å². The van der Waals surface area contributed by atoms with E-state index in [0.717, 1.165) is 5.56 Å². The average Bonchev–Trinajstić information content (AvgIpc) is 2.64. The van der Waals surface area contributed by atoms with Crippen molar-refractivity contribution in [2.24, 2.45) is 0 Å².